The summed E-state index contributed by atoms with van der Waals surface area (Å²) in [5.41, 5.74) is 2.29. The van der Waals surface area contributed by atoms with Crippen molar-refractivity contribution < 1.29 is 13.9 Å². The molecule has 1 N–H and O–H groups in total. The molecule has 2 aromatic heterocycles. The molecule has 0 saturated heterocycles. The van der Waals surface area contributed by atoms with E-state index in [1.54, 1.807) is 11.3 Å². The third-order valence-corrected chi connectivity index (χ3v) is 6.29. The molecule has 1 aliphatic heterocycles. The minimum atomic E-state index is -0.572. The van der Waals surface area contributed by atoms with Gasteiger partial charge in [0.25, 0.3) is 0 Å². The summed E-state index contributed by atoms with van der Waals surface area (Å²) < 4.78 is 20.8. The number of nitrogens with zero attached hydrogens (tertiary/aromatic N) is 2. The van der Waals surface area contributed by atoms with Gasteiger partial charge in [-0.1, -0.05) is 0 Å². The average molecular weight is 471 g/mol. The van der Waals surface area contributed by atoms with Gasteiger partial charge in [0.2, 0.25) is 0 Å². The second-order valence-corrected chi connectivity index (χ2v) is 8.34. The maximum atomic E-state index is 13.9. The summed E-state index contributed by atoms with van der Waals surface area (Å²) in [6, 6.07) is 5.24. The molecule has 0 bridgehead atoms. The predicted molar refractivity (Wildman–Crippen MR) is 104 cm³/mol. The Balaban J connectivity index is 1.95. The number of hydrogen-bond acceptors (Lipinski definition) is 5. The zero-order valence-electron chi connectivity index (χ0n) is 13.6. The van der Waals surface area contributed by atoms with Gasteiger partial charge in [-0.15, -0.1) is 11.3 Å². The summed E-state index contributed by atoms with van der Waals surface area (Å²) >= 11 is 3.64. The molecule has 130 valence electrons. The Kier molecular flexibility index (Phi) is 4.28. The van der Waals surface area contributed by atoms with Gasteiger partial charge in [0.1, 0.15) is 11.3 Å². The molecule has 25 heavy (non-hydrogen) atoms. The number of imidazole rings is 1. The molecule has 0 amide bonds. The van der Waals surface area contributed by atoms with Crippen LogP contribution in [0.5, 0.6) is 0 Å². The second-order valence-electron chi connectivity index (χ2n) is 6.04. The minimum Gasteiger partial charge on any atom is -0.452 e. The van der Waals surface area contributed by atoms with Gasteiger partial charge < -0.3 is 10.1 Å². The summed E-state index contributed by atoms with van der Waals surface area (Å²) in [6.07, 6.45) is 0.368. The minimum absolute atomic E-state index is 0.406. The molecule has 3 aromatic rings. The largest absolute Gasteiger partial charge is 0.452 e. The van der Waals surface area contributed by atoms with E-state index in [9.17, 15) is 9.18 Å². The van der Waals surface area contributed by atoms with Crippen LogP contribution >= 0.6 is 33.9 Å². The van der Waals surface area contributed by atoms with Crippen LogP contribution < -0.4 is 5.32 Å². The van der Waals surface area contributed by atoms with Gasteiger partial charge in [-0.3, -0.25) is 0 Å². The van der Waals surface area contributed by atoms with Crippen LogP contribution in [0.2, 0.25) is 0 Å². The standard InChI is InChI=1S/C17H15FIN3O2S/c1-8-3-9-4-13(25-14(9)7-20-8)16-21-15-11(19)5-10(18)6-12(15)22(16)17(23)24-2/h4-6,8,20H,3,7H2,1-2H3. The lowest BCUT2D eigenvalue weighted by atomic mass is 10.0. The number of fused-ring (bicyclic) bond motifs is 2. The smallest absolute Gasteiger partial charge is 0.420 e. The van der Waals surface area contributed by atoms with Gasteiger partial charge in [0.15, 0.2) is 5.82 Å². The van der Waals surface area contributed by atoms with Crippen LogP contribution in [0.1, 0.15) is 17.4 Å². The highest BCUT2D eigenvalue weighted by atomic mass is 127. The quantitative estimate of drug-likeness (QED) is 0.542. The molecule has 0 radical (unpaired) electrons. The highest BCUT2D eigenvalue weighted by Gasteiger charge is 2.25. The number of carbonyl (C=O) groups excluding carboxylic acids is 1. The molecule has 0 spiro atoms. The van der Waals surface area contributed by atoms with Crippen LogP contribution in [0.25, 0.3) is 21.7 Å². The van der Waals surface area contributed by atoms with Gasteiger partial charge in [0.05, 0.1) is 17.5 Å². The summed E-state index contributed by atoms with van der Waals surface area (Å²) in [5, 5.41) is 3.44. The van der Waals surface area contributed by atoms with Crippen molar-refractivity contribution in [2.75, 3.05) is 7.11 Å². The van der Waals surface area contributed by atoms with Crippen LogP contribution in [0.4, 0.5) is 9.18 Å². The lowest BCUT2D eigenvalue weighted by Crippen LogP contribution is -2.31. The van der Waals surface area contributed by atoms with Gasteiger partial charge >= 0.3 is 6.09 Å². The van der Waals surface area contributed by atoms with Crippen molar-refractivity contribution in [3.8, 4) is 10.7 Å². The predicted octanol–water partition coefficient (Wildman–Crippen LogP) is 4.16. The summed E-state index contributed by atoms with van der Waals surface area (Å²) in [4.78, 5) is 19.1. The van der Waals surface area contributed by atoms with E-state index in [1.165, 1.54) is 34.3 Å². The number of thiophene rings is 1. The molecular formula is C17H15FIN3O2S. The Morgan fingerprint density at radius 1 is 1.48 bits per heavy atom. The molecule has 0 aliphatic carbocycles. The number of halogens is 2. The van der Waals surface area contributed by atoms with Crippen molar-refractivity contribution >= 4 is 51.1 Å². The Morgan fingerprint density at radius 2 is 2.28 bits per heavy atom. The van der Waals surface area contributed by atoms with Crippen molar-refractivity contribution in [2.45, 2.75) is 25.9 Å². The van der Waals surface area contributed by atoms with Crippen LogP contribution in [0, 0.1) is 9.39 Å². The lowest BCUT2D eigenvalue weighted by Gasteiger charge is -2.19. The highest BCUT2D eigenvalue weighted by Crippen LogP contribution is 2.36. The Bertz CT molecular complexity index is 998. The maximum Gasteiger partial charge on any atom is 0.420 e. The van der Waals surface area contributed by atoms with E-state index in [-0.39, 0.29) is 0 Å². The molecule has 1 atom stereocenters. The van der Waals surface area contributed by atoms with E-state index in [1.807, 2.05) is 22.6 Å². The van der Waals surface area contributed by atoms with Gasteiger partial charge in [0, 0.05) is 27.1 Å². The first-order valence-corrected chi connectivity index (χ1v) is 9.68. The SMILES string of the molecule is COC(=O)n1c(-c2cc3c(s2)CNC(C)C3)nc2c(I)cc(F)cc21. The topological polar surface area (TPSA) is 56.1 Å². The van der Waals surface area contributed by atoms with E-state index in [0.29, 0.717) is 26.5 Å². The van der Waals surface area contributed by atoms with Gasteiger partial charge in [-0.05, 0) is 53.6 Å². The number of rotatable bonds is 1. The fourth-order valence-corrected chi connectivity index (χ4v) is 4.93. The molecule has 4 rings (SSSR count). The summed E-state index contributed by atoms with van der Waals surface area (Å²) in [7, 11) is 1.31. The third-order valence-electron chi connectivity index (χ3n) is 4.29. The number of carbonyl (C=O) groups is 1. The van der Waals surface area contributed by atoms with Crippen molar-refractivity contribution in [1.82, 2.24) is 14.9 Å². The number of aromatic nitrogens is 2. The molecule has 8 heteroatoms. The van der Waals surface area contributed by atoms with Crippen LogP contribution in [-0.4, -0.2) is 28.8 Å². The molecule has 1 aromatic carbocycles. The summed E-state index contributed by atoms with van der Waals surface area (Å²) in [6.45, 7) is 2.96. The molecule has 0 saturated carbocycles. The average Bonchev–Trinajstić information content (AvgIpc) is 3.14. The van der Waals surface area contributed by atoms with Crippen LogP contribution in [0.15, 0.2) is 18.2 Å². The fourth-order valence-electron chi connectivity index (χ4n) is 3.11. The monoisotopic (exact) mass is 471 g/mol. The van der Waals surface area contributed by atoms with E-state index in [0.717, 1.165) is 17.8 Å². The van der Waals surface area contributed by atoms with E-state index < -0.39 is 11.9 Å². The van der Waals surface area contributed by atoms with E-state index in [4.69, 9.17) is 4.74 Å². The molecule has 1 aliphatic rings. The molecule has 0 fully saturated rings. The zero-order valence-corrected chi connectivity index (χ0v) is 16.6. The van der Waals surface area contributed by atoms with Crippen LogP contribution in [-0.2, 0) is 17.7 Å². The van der Waals surface area contributed by atoms with E-state index in [2.05, 4.69) is 23.3 Å². The molecule has 5 nitrogen and oxygen atoms in total. The normalized spacial score (nSPS) is 16.9. The van der Waals surface area contributed by atoms with Crippen molar-refractivity contribution in [3.05, 3.63) is 38.0 Å². The van der Waals surface area contributed by atoms with Gasteiger partial charge in [-0.2, -0.15) is 0 Å². The number of benzene rings is 1. The van der Waals surface area contributed by atoms with Crippen LogP contribution in [0.3, 0.4) is 0 Å². The first-order chi connectivity index (χ1) is 12.0. The Labute approximate surface area is 161 Å². The summed E-state index contributed by atoms with van der Waals surface area (Å²) in [5.74, 6) is 0.0921. The first-order valence-electron chi connectivity index (χ1n) is 7.79. The Hall–Kier alpha value is -1.52. The zero-order chi connectivity index (χ0) is 17.7. The van der Waals surface area contributed by atoms with Gasteiger partial charge in [-0.25, -0.2) is 18.7 Å². The number of methoxy groups -OCH3 is 1. The van der Waals surface area contributed by atoms with Crippen molar-refractivity contribution in [2.24, 2.45) is 0 Å². The maximum absolute atomic E-state index is 13.9. The van der Waals surface area contributed by atoms with E-state index >= 15 is 0 Å². The van der Waals surface area contributed by atoms with Crippen molar-refractivity contribution in [3.63, 3.8) is 0 Å². The fraction of sp³-hybridized carbons (Fsp3) is 0.294. The third kappa shape index (κ3) is 2.85. The molecular weight excluding hydrogens is 456 g/mol. The highest BCUT2D eigenvalue weighted by molar-refractivity contribution is 14.1. The second kappa shape index (κ2) is 6.33. The lowest BCUT2D eigenvalue weighted by molar-refractivity contribution is 0.174. The first kappa shape index (κ1) is 16.9. The molecule has 1 unspecified atom stereocenters. The Morgan fingerprint density at radius 3 is 3.04 bits per heavy atom. The number of nitrogens with one attached hydrogen (secondary N) is 1. The number of ether oxygens (including phenoxy) is 1. The van der Waals surface area contributed by atoms with Crippen molar-refractivity contribution in [1.29, 1.82) is 0 Å². The molecule has 3 heterocycles. The number of hydrogen-bond donors (Lipinski definition) is 1.